The lowest BCUT2D eigenvalue weighted by molar-refractivity contribution is -0.384. The van der Waals surface area contributed by atoms with Crippen LogP contribution in [0.4, 0.5) is 5.69 Å². The fourth-order valence-electron chi connectivity index (χ4n) is 1.35. The Balaban J connectivity index is 2.70. The summed E-state index contributed by atoms with van der Waals surface area (Å²) in [6.45, 7) is 3.87. The van der Waals surface area contributed by atoms with Crippen molar-refractivity contribution >= 4 is 23.2 Å². The Labute approximate surface area is 109 Å². The monoisotopic (exact) mass is 271 g/mol. The van der Waals surface area contributed by atoms with Gasteiger partial charge in [0.25, 0.3) is 11.6 Å². The van der Waals surface area contributed by atoms with Gasteiger partial charge in [-0.25, -0.2) is 0 Å². The Bertz CT molecular complexity index is 451. The predicted octanol–water partition coefficient (Wildman–Crippen LogP) is 1.59. The number of carbonyl (C=O) groups is 1. The molecule has 0 spiro atoms. The van der Waals surface area contributed by atoms with Gasteiger partial charge in [0.05, 0.1) is 4.92 Å². The van der Waals surface area contributed by atoms with E-state index < -0.39 is 4.92 Å². The molecule has 0 bridgehead atoms. The van der Waals surface area contributed by atoms with E-state index in [1.807, 2.05) is 6.92 Å². The average molecular weight is 272 g/mol. The van der Waals surface area contributed by atoms with E-state index in [1.165, 1.54) is 18.2 Å². The number of hydrogen-bond acceptors (Lipinski definition) is 4. The molecule has 0 unspecified atom stereocenters. The number of likely N-dealkylation sites (N-methyl/N-ethyl adjacent to an activating group) is 1. The quantitative estimate of drug-likeness (QED) is 0.467. The lowest BCUT2D eigenvalue weighted by Gasteiger charge is -2.06. The van der Waals surface area contributed by atoms with Gasteiger partial charge >= 0.3 is 0 Å². The summed E-state index contributed by atoms with van der Waals surface area (Å²) >= 11 is 5.73. The highest BCUT2D eigenvalue weighted by atomic mass is 35.5. The zero-order chi connectivity index (χ0) is 13.5. The van der Waals surface area contributed by atoms with Gasteiger partial charge in [0.15, 0.2) is 0 Å². The number of rotatable bonds is 6. The number of nitro benzene ring substituents is 1. The summed E-state index contributed by atoms with van der Waals surface area (Å²) in [5.41, 5.74) is -0.00923. The molecule has 0 atom stereocenters. The second-order valence-electron chi connectivity index (χ2n) is 3.56. The number of amides is 1. The van der Waals surface area contributed by atoms with Crippen molar-refractivity contribution < 1.29 is 9.72 Å². The number of hydrogen-bond donors (Lipinski definition) is 2. The van der Waals surface area contributed by atoms with E-state index in [-0.39, 0.29) is 22.2 Å². The van der Waals surface area contributed by atoms with Crippen molar-refractivity contribution in [1.82, 2.24) is 10.6 Å². The van der Waals surface area contributed by atoms with Crippen LogP contribution in [0.15, 0.2) is 18.2 Å². The van der Waals surface area contributed by atoms with Gasteiger partial charge in [0.2, 0.25) is 0 Å². The number of nitro groups is 1. The number of non-ortho nitro benzene ring substituents is 1. The maximum absolute atomic E-state index is 11.7. The van der Waals surface area contributed by atoms with Crippen molar-refractivity contribution in [2.45, 2.75) is 6.92 Å². The van der Waals surface area contributed by atoms with Crippen molar-refractivity contribution in [3.63, 3.8) is 0 Å². The molecule has 98 valence electrons. The highest BCUT2D eigenvalue weighted by molar-refractivity contribution is 6.31. The van der Waals surface area contributed by atoms with Crippen LogP contribution in [0.1, 0.15) is 17.3 Å². The van der Waals surface area contributed by atoms with Crippen molar-refractivity contribution in [3.05, 3.63) is 38.9 Å². The second kappa shape index (κ2) is 6.93. The lowest BCUT2D eigenvalue weighted by Crippen LogP contribution is -2.31. The van der Waals surface area contributed by atoms with Crippen molar-refractivity contribution in [2.75, 3.05) is 19.6 Å². The molecule has 0 fully saturated rings. The normalized spacial score (nSPS) is 10.1. The zero-order valence-corrected chi connectivity index (χ0v) is 10.7. The molecule has 0 saturated heterocycles. The van der Waals surface area contributed by atoms with Crippen LogP contribution in [0.3, 0.4) is 0 Å². The molecule has 0 saturated carbocycles. The minimum atomic E-state index is -0.582. The third-order valence-electron chi connectivity index (χ3n) is 2.19. The van der Waals surface area contributed by atoms with Crippen LogP contribution in [0.5, 0.6) is 0 Å². The molecule has 2 N–H and O–H groups in total. The Kier molecular flexibility index (Phi) is 5.54. The van der Waals surface area contributed by atoms with Crippen LogP contribution < -0.4 is 10.6 Å². The average Bonchev–Trinajstić information content (AvgIpc) is 2.33. The molecule has 0 aliphatic rings. The van der Waals surface area contributed by atoms with Crippen LogP contribution >= 0.6 is 11.6 Å². The zero-order valence-electron chi connectivity index (χ0n) is 9.90. The first-order chi connectivity index (χ1) is 8.54. The van der Waals surface area contributed by atoms with E-state index in [0.29, 0.717) is 13.1 Å². The highest BCUT2D eigenvalue weighted by Crippen LogP contribution is 2.20. The van der Waals surface area contributed by atoms with Gasteiger partial charge in [-0.15, -0.1) is 0 Å². The summed E-state index contributed by atoms with van der Waals surface area (Å²) in [4.78, 5) is 21.8. The molecule has 18 heavy (non-hydrogen) atoms. The minimum Gasteiger partial charge on any atom is -0.351 e. The third-order valence-corrected chi connectivity index (χ3v) is 2.41. The standard InChI is InChI=1S/C11H14ClN3O3/c1-2-13-3-4-14-11(16)8-5-9(12)7-10(6-8)15(17)18/h5-7,13H,2-4H2,1H3,(H,14,16). The molecule has 0 heterocycles. The van der Waals surface area contributed by atoms with Crippen LogP contribution in [-0.2, 0) is 0 Å². The number of benzene rings is 1. The molecule has 1 amide bonds. The fourth-order valence-corrected chi connectivity index (χ4v) is 1.58. The Hall–Kier alpha value is -1.66. The third kappa shape index (κ3) is 4.31. The van der Waals surface area contributed by atoms with Gasteiger partial charge in [0.1, 0.15) is 0 Å². The molecule has 7 heteroatoms. The summed E-state index contributed by atoms with van der Waals surface area (Å²) in [7, 11) is 0. The molecular weight excluding hydrogens is 258 g/mol. The Morgan fingerprint density at radius 3 is 2.72 bits per heavy atom. The van der Waals surface area contributed by atoms with Crippen molar-refractivity contribution in [2.24, 2.45) is 0 Å². The maximum atomic E-state index is 11.7. The van der Waals surface area contributed by atoms with E-state index in [4.69, 9.17) is 11.6 Å². The second-order valence-corrected chi connectivity index (χ2v) is 4.00. The molecule has 1 rings (SSSR count). The van der Waals surface area contributed by atoms with Gasteiger partial charge in [-0.2, -0.15) is 0 Å². The topological polar surface area (TPSA) is 84.3 Å². The predicted molar refractivity (Wildman–Crippen MR) is 69.0 cm³/mol. The molecule has 0 aliphatic carbocycles. The van der Waals surface area contributed by atoms with Crippen LogP contribution in [0.25, 0.3) is 0 Å². The molecule has 0 aromatic heterocycles. The largest absolute Gasteiger partial charge is 0.351 e. The van der Waals surface area contributed by atoms with Crippen LogP contribution in [0, 0.1) is 10.1 Å². The first-order valence-electron chi connectivity index (χ1n) is 5.48. The fraction of sp³-hybridized carbons (Fsp3) is 0.364. The van der Waals surface area contributed by atoms with Gasteiger partial charge < -0.3 is 10.6 Å². The van der Waals surface area contributed by atoms with Crippen molar-refractivity contribution in [1.29, 1.82) is 0 Å². The van der Waals surface area contributed by atoms with Crippen LogP contribution in [-0.4, -0.2) is 30.5 Å². The van der Waals surface area contributed by atoms with E-state index in [9.17, 15) is 14.9 Å². The molecule has 0 aliphatic heterocycles. The van der Waals surface area contributed by atoms with Gasteiger partial charge in [0, 0.05) is 35.8 Å². The number of nitrogens with zero attached hydrogens (tertiary/aromatic N) is 1. The summed E-state index contributed by atoms with van der Waals surface area (Å²) < 4.78 is 0. The van der Waals surface area contributed by atoms with Gasteiger partial charge in [-0.3, -0.25) is 14.9 Å². The van der Waals surface area contributed by atoms with E-state index >= 15 is 0 Å². The highest BCUT2D eigenvalue weighted by Gasteiger charge is 2.13. The molecule has 1 aromatic carbocycles. The SMILES string of the molecule is CCNCCNC(=O)c1cc(Cl)cc([N+](=O)[O-])c1. The van der Waals surface area contributed by atoms with Gasteiger partial charge in [-0.1, -0.05) is 18.5 Å². The van der Waals surface area contributed by atoms with E-state index in [2.05, 4.69) is 10.6 Å². The lowest BCUT2D eigenvalue weighted by atomic mass is 10.2. The first kappa shape index (κ1) is 14.4. The molecule has 0 radical (unpaired) electrons. The van der Waals surface area contributed by atoms with Crippen molar-refractivity contribution in [3.8, 4) is 0 Å². The molecule has 1 aromatic rings. The van der Waals surface area contributed by atoms with E-state index in [1.54, 1.807) is 0 Å². The van der Waals surface area contributed by atoms with Gasteiger partial charge in [-0.05, 0) is 12.6 Å². The summed E-state index contributed by atoms with van der Waals surface area (Å²) in [5, 5.41) is 16.5. The molecular formula is C11H14ClN3O3. The number of nitrogens with one attached hydrogen (secondary N) is 2. The summed E-state index contributed by atoms with van der Waals surface area (Å²) in [6.07, 6.45) is 0. The number of carbonyl (C=O) groups excluding carboxylic acids is 1. The Morgan fingerprint density at radius 2 is 2.11 bits per heavy atom. The maximum Gasteiger partial charge on any atom is 0.271 e. The molecule has 6 nitrogen and oxygen atoms in total. The van der Waals surface area contributed by atoms with Crippen LogP contribution in [0.2, 0.25) is 5.02 Å². The smallest absolute Gasteiger partial charge is 0.271 e. The Morgan fingerprint density at radius 1 is 1.39 bits per heavy atom. The summed E-state index contributed by atoms with van der Waals surface area (Å²) in [6, 6.07) is 3.81. The summed E-state index contributed by atoms with van der Waals surface area (Å²) in [5.74, 6) is -0.376. The first-order valence-corrected chi connectivity index (χ1v) is 5.86. The number of halogens is 1. The van der Waals surface area contributed by atoms with E-state index in [0.717, 1.165) is 6.54 Å². The minimum absolute atomic E-state index is 0.168.